The SMILES string of the molecule is O=S1(=O)C[C@H](Cl)[C@H](Sc2ccc(Cl)cc2)C1. The van der Waals surface area contributed by atoms with Gasteiger partial charge in [-0.05, 0) is 24.3 Å². The van der Waals surface area contributed by atoms with E-state index in [-0.39, 0.29) is 22.1 Å². The van der Waals surface area contributed by atoms with E-state index in [1.54, 1.807) is 12.1 Å². The molecule has 1 aromatic carbocycles. The molecule has 2 atom stereocenters. The van der Waals surface area contributed by atoms with Crippen LogP contribution in [0.1, 0.15) is 0 Å². The molecule has 2 nitrogen and oxygen atoms in total. The van der Waals surface area contributed by atoms with E-state index in [1.165, 1.54) is 11.8 Å². The molecular weight excluding hydrogens is 287 g/mol. The maximum absolute atomic E-state index is 11.4. The molecule has 0 unspecified atom stereocenters. The van der Waals surface area contributed by atoms with E-state index in [2.05, 4.69) is 0 Å². The largest absolute Gasteiger partial charge is 0.229 e. The lowest BCUT2D eigenvalue weighted by Crippen LogP contribution is -2.13. The minimum Gasteiger partial charge on any atom is -0.229 e. The third kappa shape index (κ3) is 3.06. The van der Waals surface area contributed by atoms with Crippen molar-refractivity contribution in [3.8, 4) is 0 Å². The fourth-order valence-electron chi connectivity index (χ4n) is 1.57. The van der Waals surface area contributed by atoms with Crippen molar-refractivity contribution in [2.45, 2.75) is 15.5 Å². The Hall–Kier alpha value is 0.1000. The first kappa shape index (κ1) is 12.6. The summed E-state index contributed by atoms with van der Waals surface area (Å²) in [5, 5.41) is 0.310. The Balaban J connectivity index is 2.08. The van der Waals surface area contributed by atoms with Gasteiger partial charge in [-0.15, -0.1) is 23.4 Å². The number of benzene rings is 1. The number of sulfone groups is 1. The molecule has 1 saturated heterocycles. The summed E-state index contributed by atoms with van der Waals surface area (Å²) in [4.78, 5) is 0.997. The van der Waals surface area contributed by atoms with Gasteiger partial charge in [0.1, 0.15) is 0 Å². The van der Waals surface area contributed by atoms with E-state index in [9.17, 15) is 8.42 Å². The quantitative estimate of drug-likeness (QED) is 0.787. The van der Waals surface area contributed by atoms with Crippen molar-refractivity contribution in [1.29, 1.82) is 0 Å². The molecule has 88 valence electrons. The zero-order valence-electron chi connectivity index (χ0n) is 8.27. The third-order valence-electron chi connectivity index (χ3n) is 2.34. The lowest BCUT2D eigenvalue weighted by Gasteiger charge is -2.11. The van der Waals surface area contributed by atoms with Gasteiger partial charge in [-0.2, -0.15) is 0 Å². The van der Waals surface area contributed by atoms with Crippen LogP contribution in [-0.2, 0) is 9.84 Å². The van der Waals surface area contributed by atoms with Crippen LogP contribution in [0.15, 0.2) is 29.2 Å². The fraction of sp³-hybridized carbons (Fsp3) is 0.400. The fourth-order valence-corrected chi connectivity index (χ4v) is 6.11. The number of hydrogen-bond acceptors (Lipinski definition) is 3. The van der Waals surface area contributed by atoms with Gasteiger partial charge in [-0.25, -0.2) is 8.42 Å². The number of halogens is 2. The summed E-state index contributed by atoms with van der Waals surface area (Å²) < 4.78 is 22.8. The smallest absolute Gasteiger partial charge is 0.152 e. The van der Waals surface area contributed by atoms with Crippen molar-refractivity contribution in [1.82, 2.24) is 0 Å². The molecule has 0 aliphatic carbocycles. The lowest BCUT2D eigenvalue weighted by atomic mass is 10.4. The summed E-state index contributed by atoms with van der Waals surface area (Å²) in [5.74, 6) is 0.244. The molecular formula is C10H10Cl2O2S2. The van der Waals surface area contributed by atoms with Crippen molar-refractivity contribution in [2.75, 3.05) is 11.5 Å². The van der Waals surface area contributed by atoms with Crippen LogP contribution in [-0.4, -0.2) is 30.6 Å². The average molecular weight is 297 g/mol. The van der Waals surface area contributed by atoms with E-state index in [0.29, 0.717) is 5.02 Å². The Kier molecular flexibility index (Phi) is 3.74. The molecule has 1 aliphatic heterocycles. The normalized spacial score (nSPS) is 28.1. The van der Waals surface area contributed by atoms with Crippen LogP contribution in [0.25, 0.3) is 0 Å². The van der Waals surface area contributed by atoms with Gasteiger partial charge in [0.15, 0.2) is 9.84 Å². The Labute approximate surface area is 109 Å². The highest BCUT2D eigenvalue weighted by Crippen LogP contribution is 2.34. The third-order valence-corrected chi connectivity index (χ3v) is 6.67. The molecule has 2 rings (SSSR count). The monoisotopic (exact) mass is 296 g/mol. The second-order valence-corrected chi connectivity index (χ2v) is 8.17. The highest BCUT2D eigenvalue weighted by atomic mass is 35.5. The predicted octanol–water partition coefficient (Wildman–Crippen LogP) is 2.84. The molecule has 0 radical (unpaired) electrons. The Morgan fingerprint density at radius 2 is 1.81 bits per heavy atom. The minimum absolute atomic E-state index is 0.0622. The molecule has 1 heterocycles. The first-order valence-electron chi connectivity index (χ1n) is 4.73. The Morgan fingerprint density at radius 3 is 2.31 bits per heavy atom. The van der Waals surface area contributed by atoms with Crippen LogP contribution in [0.4, 0.5) is 0 Å². The Morgan fingerprint density at radius 1 is 1.19 bits per heavy atom. The molecule has 0 spiro atoms. The summed E-state index contributed by atoms with van der Waals surface area (Å²) in [6.45, 7) is 0. The van der Waals surface area contributed by atoms with Crippen molar-refractivity contribution < 1.29 is 8.42 Å². The standard InChI is InChI=1S/C10H10Cl2O2S2/c11-7-1-3-8(4-2-7)15-10-6-16(13,14)5-9(10)12/h1-4,9-10H,5-6H2/t9-,10+/m0/s1. The van der Waals surface area contributed by atoms with Crippen LogP contribution in [0.3, 0.4) is 0 Å². The molecule has 1 fully saturated rings. The summed E-state index contributed by atoms with van der Waals surface area (Å²) in [6, 6.07) is 7.33. The molecule has 0 amide bonds. The van der Waals surface area contributed by atoms with E-state index in [1.807, 2.05) is 12.1 Å². The van der Waals surface area contributed by atoms with Crippen molar-refractivity contribution in [3.05, 3.63) is 29.3 Å². The maximum atomic E-state index is 11.4. The van der Waals surface area contributed by atoms with Crippen LogP contribution in [0, 0.1) is 0 Å². The van der Waals surface area contributed by atoms with Crippen molar-refractivity contribution in [2.24, 2.45) is 0 Å². The first-order chi connectivity index (χ1) is 7.46. The maximum Gasteiger partial charge on any atom is 0.152 e. The van der Waals surface area contributed by atoms with Crippen molar-refractivity contribution >= 4 is 44.8 Å². The number of rotatable bonds is 2. The van der Waals surface area contributed by atoms with Gasteiger partial charge in [0.25, 0.3) is 0 Å². The molecule has 0 saturated carbocycles. The number of thioether (sulfide) groups is 1. The van der Waals surface area contributed by atoms with Gasteiger partial charge in [0, 0.05) is 15.2 Å². The molecule has 1 aliphatic rings. The van der Waals surface area contributed by atoms with Crippen LogP contribution in [0.5, 0.6) is 0 Å². The van der Waals surface area contributed by atoms with Gasteiger partial charge in [-0.1, -0.05) is 11.6 Å². The zero-order chi connectivity index (χ0) is 11.8. The van der Waals surface area contributed by atoms with Crippen LogP contribution < -0.4 is 0 Å². The second-order valence-electron chi connectivity index (χ2n) is 3.70. The predicted molar refractivity (Wildman–Crippen MR) is 69.4 cm³/mol. The lowest BCUT2D eigenvalue weighted by molar-refractivity contribution is 0.602. The van der Waals surface area contributed by atoms with E-state index in [0.717, 1.165) is 4.90 Å². The van der Waals surface area contributed by atoms with Gasteiger partial charge >= 0.3 is 0 Å². The topological polar surface area (TPSA) is 34.1 Å². The molecule has 6 heteroatoms. The molecule has 0 aromatic heterocycles. The molecule has 1 aromatic rings. The van der Waals surface area contributed by atoms with Crippen LogP contribution >= 0.6 is 35.0 Å². The first-order valence-corrected chi connectivity index (χ1v) is 8.24. The zero-order valence-corrected chi connectivity index (χ0v) is 11.4. The number of alkyl halides is 1. The van der Waals surface area contributed by atoms with Gasteiger partial charge in [-0.3, -0.25) is 0 Å². The van der Waals surface area contributed by atoms with Crippen molar-refractivity contribution in [3.63, 3.8) is 0 Å². The van der Waals surface area contributed by atoms with E-state index in [4.69, 9.17) is 23.2 Å². The average Bonchev–Trinajstić information content (AvgIpc) is 2.44. The van der Waals surface area contributed by atoms with Gasteiger partial charge in [0.2, 0.25) is 0 Å². The highest BCUT2D eigenvalue weighted by Gasteiger charge is 2.36. The van der Waals surface area contributed by atoms with Gasteiger partial charge < -0.3 is 0 Å². The highest BCUT2D eigenvalue weighted by molar-refractivity contribution is 8.02. The minimum atomic E-state index is -2.95. The van der Waals surface area contributed by atoms with E-state index < -0.39 is 9.84 Å². The van der Waals surface area contributed by atoms with Crippen LogP contribution in [0.2, 0.25) is 5.02 Å². The summed E-state index contributed by atoms with van der Waals surface area (Å²) in [5.41, 5.74) is 0. The molecule has 16 heavy (non-hydrogen) atoms. The summed E-state index contributed by atoms with van der Waals surface area (Å²) in [6.07, 6.45) is 0. The number of hydrogen-bond donors (Lipinski definition) is 0. The summed E-state index contributed by atoms with van der Waals surface area (Å²) in [7, 11) is -2.95. The second kappa shape index (κ2) is 4.77. The Bertz CT molecular complexity index is 470. The molecule has 0 bridgehead atoms. The summed E-state index contributed by atoms with van der Waals surface area (Å²) >= 11 is 13.3. The molecule has 0 N–H and O–H groups in total. The van der Waals surface area contributed by atoms with Gasteiger partial charge in [0.05, 0.1) is 16.9 Å². The van der Waals surface area contributed by atoms with E-state index >= 15 is 0 Å².